The van der Waals surface area contributed by atoms with Gasteiger partial charge in [-0.05, 0) is 84.1 Å². The van der Waals surface area contributed by atoms with Crippen LogP contribution < -0.4 is 5.32 Å². The normalized spacial score (nSPS) is 13.8. The molecule has 54 heavy (non-hydrogen) atoms. The number of unbranched alkanes of at least 4 members (excludes halogenated alkanes) is 18. The van der Waals surface area contributed by atoms with E-state index >= 15 is 0 Å². The quantitative estimate of drug-likeness (QED) is 0.0271. The van der Waals surface area contributed by atoms with E-state index in [1.165, 1.54) is 83.5 Å². The number of phosphoric ester groups is 1. The highest BCUT2D eigenvalue weighted by Crippen LogP contribution is 2.43. The van der Waals surface area contributed by atoms with Gasteiger partial charge < -0.3 is 19.7 Å². The third kappa shape index (κ3) is 39.7. The van der Waals surface area contributed by atoms with Crippen molar-refractivity contribution in [1.82, 2.24) is 5.32 Å². The van der Waals surface area contributed by atoms with Crippen LogP contribution in [0.15, 0.2) is 48.6 Å². The van der Waals surface area contributed by atoms with Gasteiger partial charge in [0.15, 0.2) is 6.10 Å². The Labute approximate surface area is 330 Å². The fraction of sp³-hybridized carbons (Fsp3) is 0.773. The summed E-state index contributed by atoms with van der Waals surface area (Å²) >= 11 is 0. The molecule has 0 aliphatic carbocycles. The predicted octanol–water partition coefficient (Wildman–Crippen LogP) is 12.2. The minimum Gasteiger partial charge on any atom is -0.462 e. The first kappa shape index (κ1) is 52.0. The van der Waals surface area contributed by atoms with Gasteiger partial charge >= 0.3 is 19.8 Å². The maximum atomic E-state index is 12.6. The molecule has 0 heterocycles. The Balaban J connectivity index is 4.29. The molecule has 0 aliphatic rings. The van der Waals surface area contributed by atoms with Gasteiger partial charge in [0.2, 0.25) is 0 Å². The lowest BCUT2D eigenvalue weighted by Crippen LogP contribution is -2.29. The van der Waals surface area contributed by atoms with Crippen LogP contribution in [0.5, 0.6) is 0 Å². The summed E-state index contributed by atoms with van der Waals surface area (Å²) in [5.74, 6) is -0.857. The summed E-state index contributed by atoms with van der Waals surface area (Å²) in [6, 6.07) is 0. The predicted molar refractivity (Wildman–Crippen MR) is 224 cm³/mol. The fourth-order valence-electron chi connectivity index (χ4n) is 5.61. The van der Waals surface area contributed by atoms with Gasteiger partial charge in [-0.2, -0.15) is 0 Å². The molecule has 0 rings (SSSR count). The van der Waals surface area contributed by atoms with Crippen LogP contribution in [0.4, 0.5) is 0 Å². The molecule has 0 spiro atoms. The van der Waals surface area contributed by atoms with Gasteiger partial charge in [0.05, 0.1) is 13.2 Å². The molecule has 9 nitrogen and oxygen atoms in total. The van der Waals surface area contributed by atoms with Crippen molar-refractivity contribution in [2.24, 2.45) is 0 Å². The molecule has 2 N–H and O–H groups in total. The van der Waals surface area contributed by atoms with Crippen molar-refractivity contribution < 1.29 is 37.6 Å². The molecule has 0 fully saturated rings. The smallest absolute Gasteiger partial charge is 0.462 e. The first-order valence-electron chi connectivity index (χ1n) is 21.6. The molecule has 0 amide bonds. The largest absolute Gasteiger partial charge is 0.472 e. The summed E-state index contributed by atoms with van der Waals surface area (Å²) in [6.07, 6.45) is 44.4. The van der Waals surface area contributed by atoms with E-state index in [-0.39, 0.29) is 32.0 Å². The minimum absolute atomic E-state index is 0.0261. The lowest BCUT2D eigenvalue weighted by atomic mass is 10.1. The number of rotatable bonds is 40. The van der Waals surface area contributed by atoms with Crippen LogP contribution >= 0.6 is 7.82 Å². The van der Waals surface area contributed by atoms with E-state index in [9.17, 15) is 19.0 Å². The molecule has 0 aromatic heterocycles. The Kier molecular flexibility index (Phi) is 39.1. The molecule has 2 atom stereocenters. The molecule has 0 radical (unpaired) electrons. The zero-order valence-corrected chi connectivity index (χ0v) is 35.6. The average molecular weight is 782 g/mol. The highest BCUT2D eigenvalue weighted by Gasteiger charge is 2.26. The summed E-state index contributed by atoms with van der Waals surface area (Å²) in [4.78, 5) is 35.0. The SMILES string of the molecule is CCCCC/C=C\C/C=C\C/C=C\CCCCC(=O)OC(COC(=O)CCCCCCCCC/C=C\CCCCCCCC)COP(=O)(O)OCCNC. The van der Waals surface area contributed by atoms with Crippen LogP contribution in [0, 0.1) is 0 Å². The lowest BCUT2D eigenvalue weighted by Gasteiger charge is -2.20. The monoisotopic (exact) mass is 782 g/mol. The van der Waals surface area contributed by atoms with E-state index in [4.69, 9.17) is 18.5 Å². The zero-order chi connectivity index (χ0) is 39.6. The van der Waals surface area contributed by atoms with Crippen LogP contribution in [0.25, 0.3) is 0 Å². The Bertz CT molecular complexity index is 1030. The maximum Gasteiger partial charge on any atom is 0.472 e. The van der Waals surface area contributed by atoms with Gasteiger partial charge in [-0.15, -0.1) is 0 Å². The maximum absolute atomic E-state index is 12.6. The number of carbonyl (C=O) groups excluding carboxylic acids is 2. The van der Waals surface area contributed by atoms with Gasteiger partial charge in [-0.25, -0.2) is 4.57 Å². The number of hydrogen-bond acceptors (Lipinski definition) is 8. The summed E-state index contributed by atoms with van der Waals surface area (Å²) in [5.41, 5.74) is 0. The van der Waals surface area contributed by atoms with Crippen molar-refractivity contribution in [2.75, 3.05) is 33.4 Å². The molecule has 0 aromatic carbocycles. The van der Waals surface area contributed by atoms with Crippen molar-refractivity contribution >= 4 is 19.8 Å². The molecule has 2 unspecified atom stereocenters. The van der Waals surface area contributed by atoms with Crippen molar-refractivity contribution in [3.8, 4) is 0 Å². The van der Waals surface area contributed by atoms with Crippen LogP contribution in [0.1, 0.15) is 181 Å². The highest BCUT2D eigenvalue weighted by atomic mass is 31.2. The number of nitrogens with one attached hydrogen (secondary N) is 1. The van der Waals surface area contributed by atoms with Crippen molar-refractivity contribution in [1.29, 1.82) is 0 Å². The third-order valence-corrected chi connectivity index (χ3v) is 9.91. The standard InChI is InChI=1S/C44H80NO8P/c1-4-6-8-10-12-14-16-18-20-21-23-24-26-28-30-32-34-36-43(46)50-40-42(41-52-54(48,49)51-39-38-45-3)53-44(47)37-35-33-31-29-27-25-22-19-17-15-13-11-9-7-5-2/h13,15,18-20,22,27,29,42,45H,4-12,14,16-17,21,23-26,28,30-41H2,1-3H3,(H,48,49)/b15-13-,20-18-,22-19-,29-27-. The number of allylic oxidation sites excluding steroid dienone is 8. The fourth-order valence-corrected chi connectivity index (χ4v) is 6.36. The van der Waals surface area contributed by atoms with Gasteiger partial charge in [0, 0.05) is 19.4 Å². The van der Waals surface area contributed by atoms with Crippen LogP contribution in [-0.4, -0.2) is 56.3 Å². The van der Waals surface area contributed by atoms with E-state index in [1.807, 2.05) is 0 Å². The Morgan fingerprint density at radius 2 is 1.00 bits per heavy atom. The molecular formula is C44H80NO8P. The first-order chi connectivity index (χ1) is 26.3. The summed E-state index contributed by atoms with van der Waals surface area (Å²) in [5, 5.41) is 2.82. The third-order valence-electron chi connectivity index (χ3n) is 8.92. The second kappa shape index (κ2) is 40.6. The van der Waals surface area contributed by atoms with Crippen LogP contribution in [0.2, 0.25) is 0 Å². The lowest BCUT2D eigenvalue weighted by molar-refractivity contribution is -0.161. The average Bonchev–Trinajstić information content (AvgIpc) is 3.15. The van der Waals surface area contributed by atoms with E-state index in [1.54, 1.807) is 7.05 Å². The van der Waals surface area contributed by atoms with E-state index in [0.29, 0.717) is 13.0 Å². The van der Waals surface area contributed by atoms with Crippen molar-refractivity contribution in [3.05, 3.63) is 48.6 Å². The summed E-state index contributed by atoms with van der Waals surface area (Å²) in [6.45, 7) is 4.14. The van der Waals surface area contributed by atoms with E-state index in [2.05, 4.69) is 67.8 Å². The van der Waals surface area contributed by atoms with Gasteiger partial charge in [0.25, 0.3) is 0 Å². The van der Waals surface area contributed by atoms with Crippen LogP contribution in [-0.2, 0) is 32.7 Å². The number of esters is 2. The second-order valence-electron chi connectivity index (χ2n) is 14.2. The first-order valence-corrected chi connectivity index (χ1v) is 23.1. The number of likely N-dealkylation sites (N-methyl/N-ethyl adjacent to an activating group) is 1. The van der Waals surface area contributed by atoms with Gasteiger partial charge in [-0.1, -0.05) is 140 Å². The van der Waals surface area contributed by atoms with Gasteiger partial charge in [0.1, 0.15) is 6.61 Å². The summed E-state index contributed by atoms with van der Waals surface area (Å²) < 4.78 is 33.1. The zero-order valence-electron chi connectivity index (χ0n) is 34.7. The Hall–Kier alpha value is -2.03. The highest BCUT2D eigenvalue weighted by molar-refractivity contribution is 7.47. The molecule has 0 saturated carbocycles. The van der Waals surface area contributed by atoms with E-state index in [0.717, 1.165) is 64.2 Å². The van der Waals surface area contributed by atoms with Crippen molar-refractivity contribution in [3.63, 3.8) is 0 Å². The molecule has 0 aliphatic heterocycles. The minimum atomic E-state index is -4.36. The molecule has 10 heteroatoms. The second-order valence-corrected chi connectivity index (χ2v) is 15.6. The molecule has 0 bridgehead atoms. The topological polar surface area (TPSA) is 120 Å². The van der Waals surface area contributed by atoms with Crippen molar-refractivity contribution in [2.45, 2.75) is 187 Å². The number of hydrogen-bond donors (Lipinski definition) is 2. The number of phosphoric acid groups is 1. The molecule has 0 saturated heterocycles. The molecule has 314 valence electrons. The molecule has 0 aromatic rings. The molecular weight excluding hydrogens is 701 g/mol. The van der Waals surface area contributed by atoms with Gasteiger partial charge in [-0.3, -0.25) is 18.6 Å². The van der Waals surface area contributed by atoms with Crippen LogP contribution in [0.3, 0.4) is 0 Å². The van der Waals surface area contributed by atoms with E-state index < -0.39 is 26.5 Å². The number of carbonyl (C=O) groups is 2. The number of ether oxygens (including phenoxy) is 2. The Morgan fingerprint density at radius 3 is 1.57 bits per heavy atom. The summed E-state index contributed by atoms with van der Waals surface area (Å²) in [7, 11) is -2.67. The Morgan fingerprint density at radius 1 is 0.574 bits per heavy atom.